The molecule has 2 aromatic rings. The normalized spacial score (nSPS) is 14.8. The van der Waals surface area contributed by atoms with Crippen molar-refractivity contribution in [3.05, 3.63) is 70.8 Å². The average Bonchev–Trinajstić information content (AvgIpc) is 2.62. The molecule has 1 heterocycles. The van der Waals surface area contributed by atoms with E-state index < -0.39 is 0 Å². The van der Waals surface area contributed by atoms with Gasteiger partial charge in [-0.2, -0.15) is 5.26 Å². The van der Waals surface area contributed by atoms with Gasteiger partial charge in [0.25, 0.3) is 0 Å². The molecule has 2 heteroatoms. The minimum atomic E-state index is 0.562. The van der Waals surface area contributed by atoms with Crippen molar-refractivity contribution in [3.8, 4) is 11.8 Å². The molecule has 1 aliphatic heterocycles. The zero-order valence-electron chi connectivity index (χ0n) is 10.7. The number of rotatable bonds is 0. The number of hydrogen-bond donors (Lipinski definition) is 0. The fourth-order valence-corrected chi connectivity index (χ4v) is 2.46. The van der Waals surface area contributed by atoms with E-state index in [1.54, 1.807) is 6.07 Å². The van der Waals surface area contributed by atoms with Crippen molar-refractivity contribution in [1.82, 2.24) is 0 Å². The quantitative estimate of drug-likeness (QED) is 0.707. The lowest BCUT2D eigenvalue weighted by atomic mass is 9.93. The Morgan fingerprint density at radius 1 is 1.16 bits per heavy atom. The van der Waals surface area contributed by atoms with Crippen LogP contribution in [0.1, 0.15) is 29.2 Å². The van der Waals surface area contributed by atoms with E-state index in [-0.39, 0.29) is 0 Å². The highest BCUT2D eigenvalue weighted by Gasteiger charge is 2.18. The third-order valence-corrected chi connectivity index (χ3v) is 3.38. The van der Waals surface area contributed by atoms with Crippen LogP contribution in [0.15, 0.2) is 48.5 Å². The molecule has 0 N–H and O–H groups in total. The second kappa shape index (κ2) is 4.62. The lowest BCUT2D eigenvalue weighted by molar-refractivity contribution is 0.307. The molecule has 0 fully saturated rings. The zero-order valence-corrected chi connectivity index (χ0v) is 10.7. The fourth-order valence-electron chi connectivity index (χ4n) is 2.46. The summed E-state index contributed by atoms with van der Waals surface area (Å²) in [4.78, 5) is 0. The lowest BCUT2D eigenvalue weighted by Crippen LogP contribution is -1.94. The first-order valence-corrected chi connectivity index (χ1v) is 6.25. The van der Waals surface area contributed by atoms with Gasteiger partial charge >= 0.3 is 0 Å². The molecular weight excluding hydrogens is 234 g/mol. The number of nitriles is 1. The molecule has 0 unspecified atom stereocenters. The summed E-state index contributed by atoms with van der Waals surface area (Å²) >= 11 is 0. The van der Waals surface area contributed by atoms with E-state index in [4.69, 9.17) is 10.00 Å². The minimum Gasteiger partial charge on any atom is -0.488 e. The van der Waals surface area contributed by atoms with E-state index in [9.17, 15) is 0 Å². The van der Waals surface area contributed by atoms with Crippen LogP contribution in [0.3, 0.4) is 0 Å². The van der Waals surface area contributed by atoms with E-state index in [0.29, 0.717) is 12.2 Å². The number of hydrogen-bond acceptors (Lipinski definition) is 2. The standard InChI is InChI=1S/C17H13NO/c1-2-14-15-6-4-3-5-13(15)11-19-17-8-7-12(10-18)9-16(14)17/h2-9H,11H2,1H3/b14-2-. The van der Waals surface area contributed by atoms with Gasteiger partial charge in [-0.25, -0.2) is 0 Å². The van der Waals surface area contributed by atoms with Crippen LogP contribution in [0.2, 0.25) is 0 Å². The van der Waals surface area contributed by atoms with E-state index in [0.717, 1.165) is 16.9 Å². The van der Waals surface area contributed by atoms with Crippen molar-refractivity contribution >= 4 is 5.57 Å². The summed E-state index contributed by atoms with van der Waals surface area (Å²) in [5.74, 6) is 0.836. The summed E-state index contributed by atoms with van der Waals surface area (Å²) in [5, 5.41) is 9.05. The molecule has 0 radical (unpaired) electrons. The molecule has 92 valence electrons. The van der Waals surface area contributed by atoms with Gasteiger partial charge in [-0.05, 0) is 41.8 Å². The van der Waals surface area contributed by atoms with Gasteiger partial charge in [-0.3, -0.25) is 0 Å². The Hall–Kier alpha value is -2.53. The highest BCUT2D eigenvalue weighted by molar-refractivity contribution is 5.85. The predicted molar refractivity (Wildman–Crippen MR) is 74.7 cm³/mol. The third-order valence-electron chi connectivity index (χ3n) is 3.38. The molecule has 1 aliphatic rings. The van der Waals surface area contributed by atoms with E-state index in [1.807, 2.05) is 31.2 Å². The highest BCUT2D eigenvalue weighted by Crippen LogP contribution is 2.36. The summed E-state index contributed by atoms with van der Waals surface area (Å²) < 4.78 is 5.86. The molecular formula is C17H13NO. The summed E-state index contributed by atoms with van der Waals surface area (Å²) in [6.07, 6.45) is 2.08. The first kappa shape index (κ1) is 11.6. The number of benzene rings is 2. The third kappa shape index (κ3) is 1.90. The van der Waals surface area contributed by atoms with Gasteiger partial charge in [0, 0.05) is 5.56 Å². The summed E-state index contributed by atoms with van der Waals surface area (Å²) in [5.41, 5.74) is 5.12. The molecule has 0 bridgehead atoms. The Morgan fingerprint density at radius 3 is 2.79 bits per heavy atom. The van der Waals surface area contributed by atoms with Gasteiger partial charge in [0.1, 0.15) is 12.4 Å². The largest absolute Gasteiger partial charge is 0.488 e. The lowest BCUT2D eigenvalue weighted by Gasteiger charge is -2.09. The van der Waals surface area contributed by atoms with Crippen molar-refractivity contribution in [2.45, 2.75) is 13.5 Å². The van der Waals surface area contributed by atoms with Gasteiger partial charge in [0.15, 0.2) is 0 Å². The van der Waals surface area contributed by atoms with Crippen molar-refractivity contribution in [2.75, 3.05) is 0 Å². The molecule has 0 saturated heterocycles. The second-order valence-corrected chi connectivity index (χ2v) is 4.47. The molecule has 3 rings (SSSR count). The van der Waals surface area contributed by atoms with Crippen molar-refractivity contribution in [3.63, 3.8) is 0 Å². The topological polar surface area (TPSA) is 33.0 Å². The summed E-state index contributed by atoms with van der Waals surface area (Å²) in [7, 11) is 0. The van der Waals surface area contributed by atoms with Crippen LogP contribution in [0, 0.1) is 11.3 Å². The van der Waals surface area contributed by atoms with Crippen LogP contribution in [0.5, 0.6) is 5.75 Å². The van der Waals surface area contributed by atoms with Crippen LogP contribution in [-0.2, 0) is 6.61 Å². The number of allylic oxidation sites excluding steroid dienone is 1. The van der Waals surface area contributed by atoms with E-state index >= 15 is 0 Å². The minimum absolute atomic E-state index is 0.562. The van der Waals surface area contributed by atoms with Crippen molar-refractivity contribution in [2.24, 2.45) is 0 Å². The highest BCUT2D eigenvalue weighted by atomic mass is 16.5. The molecule has 0 atom stereocenters. The maximum atomic E-state index is 9.05. The molecule has 0 aliphatic carbocycles. The predicted octanol–water partition coefficient (Wildman–Crippen LogP) is 3.90. The Labute approximate surface area is 112 Å². The SMILES string of the molecule is C/C=C1/c2ccccc2COc2ccc(C#N)cc21. The van der Waals surface area contributed by atoms with Crippen LogP contribution in [-0.4, -0.2) is 0 Å². The number of nitrogens with zero attached hydrogens (tertiary/aromatic N) is 1. The first-order valence-electron chi connectivity index (χ1n) is 6.25. The number of fused-ring (bicyclic) bond motifs is 2. The number of ether oxygens (including phenoxy) is 1. The molecule has 0 saturated carbocycles. The molecule has 0 aromatic heterocycles. The van der Waals surface area contributed by atoms with Gasteiger partial charge in [-0.1, -0.05) is 30.3 Å². The first-order chi connectivity index (χ1) is 9.33. The Morgan fingerprint density at radius 2 is 2.00 bits per heavy atom. The molecule has 2 aromatic carbocycles. The van der Waals surface area contributed by atoms with Gasteiger partial charge in [0.05, 0.1) is 11.6 Å². The van der Waals surface area contributed by atoms with Crippen molar-refractivity contribution < 1.29 is 4.74 Å². The average molecular weight is 247 g/mol. The van der Waals surface area contributed by atoms with Crippen LogP contribution >= 0.6 is 0 Å². The maximum absolute atomic E-state index is 9.05. The van der Waals surface area contributed by atoms with Gasteiger partial charge in [0.2, 0.25) is 0 Å². The van der Waals surface area contributed by atoms with Crippen LogP contribution in [0.25, 0.3) is 5.57 Å². The monoisotopic (exact) mass is 247 g/mol. The Kier molecular flexibility index (Phi) is 2.81. The van der Waals surface area contributed by atoms with Crippen molar-refractivity contribution in [1.29, 1.82) is 5.26 Å². The van der Waals surface area contributed by atoms with Crippen LogP contribution < -0.4 is 4.74 Å². The maximum Gasteiger partial charge on any atom is 0.127 e. The zero-order chi connectivity index (χ0) is 13.2. The van der Waals surface area contributed by atoms with Gasteiger partial charge in [-0.15, -0.1) is 0 Å². The second-order valence-electron chi connectivity index (χ2n) is 4.47. The Bertz CT molecular complexity index is 707. The molecule has 2 nitrogen and oxygen atoms in total. The molecule has 0 amide bonds. The summed E-state index contributed by atoms with van der Waals surface area (Å²) in [6, 6.07) is 16.0. The molecule has 0 spiro atoms. The van der Waals surface area contributed by atoms with Gasteiger partial charge < -0.3 is 4.74 Å². The fraction of sp³-hybridized carbons (Fsp3) is 0.118. The summed E-state index contributed by atoms with van der Waals surface area (Å²) in [6.45, 7) is 2.58. The van der Waals surface area contributed by atoms with E-state index in [2.05, 4.69) is 24.3 Å². The smallest absolute Gasteiger partial charge is 0.127 e. The van der Waals surface area contributed by atoms with E-state index in [1.165, 1.54) is 11.1 Å². The van der Waals surface area contributed by atoms with Crippen LogP contribution in [0.4, 0.5) is 0 Å². The molecule has 19 heavy (non-hydrogen) atoms. The Balaban J connectivity index is 2.26.